The second kappa shape index (κ2) is 16.8. The van der Waals surface area contributed by atoms with Crippen LogP contribution in [0, 0.1) is 5.92 Å². The Morgan fingerprint density at radius 1 is 0.808 bits per heavy atom. The molecule has 0 aromatic carbocycles. The summed E-state index contributed by atoms with van der Waals surface area (Å²) in [5.74, 6) is -1.27. The number of rotatable bonds is 19. The van der Waals surface area contributed by atoms with Crippen molar-refractivity contribution in [3.63, 3.8) is 0 Å². The molecule has 0 spiro atoms. The smallest absolute Gasteiger partial charge is 0.330 e. The van der Waals surface area contributed by atoms with E-state index in [-0.39, 0.29) is 6.16 Å². The molecule has 0 radical (unpaired) electrons. The van der Waals surface area contributed by atoms with Gasteiger partial charge in [0.2, 0.25) is 0 Å². The summed E-state index contributed by atoms with van der Waals surface area (Å²) in [6, 6.07) is 0. The SMILES string of the molecule is CCCCCCCCCCCCC(CCP(=O)(OCC)OCC)C(=O)O. The summed E-state index contributed by atoms with van der Waals surface area (Å²) in [4.78, 5) is 11.5. The van der Waals surface area contributed by atoms with E-state index in [1.165, 1.54) is 51.4 Å². The van der Waals surface area contributed by atoms with Crippen molar-refractivity contribution in [1.82, 2.24) is 0 Å². The molecule has 0 aliphatic heterocycles. The molecule has 0 bridgehead atoms. The Morgan fingerprint density at radius 2 is 1.27 bits per heavy atom. The molecule has 0 aliphatic rings. The highest BCUT2D eigenvalue weighted by atomic mass is 31.2. The molecule has 1 unspecified atom stereocenters. The maximum atomic E-state index is 12.4. The zero-order valence-corrected chi connectivity index (χ0v) is 18.1. The number of hydrogen-bond donors (Lipinski definition) is 1. The Morgan fingerprint density at radius 3 is 1.69 bits per heavy atom. The van der Waals surface area contributed by atoms with Crippen LogP contribution in [0.5, 0.6) is 0 Å². The molecule has 0 amide bonds. The zero-order valence-electron chi connectivity index (χ0n) is 17.2. The average molecular weight is 393 g/mol. The van der Waals surface area contributed by atoms with Gasteiger partial charge in [-0.2, -0.15) is 0 Å². The van der Waals surface area contributed by atoms with Crippen molar-refractivity contribution in [2.45, 2.75) is 97.8 Å². The molecule has 0 aromatic heterocycles. The molecule has 26 heavy (non-hydrogen) atoms. The standard InChI is InChI=1S/C20H41O5P/c1-4-7-8-9-10-11-12-13-14-15-16-19(20(21)22)17-18-26(23,24-5-2)25-6-3/h19H,4-18H2,1-3H3,(H,21,22). The van der Waals surface area contributed by atoms with Crippen LogP contribution in [-0.4, -0.2) is 30.5 Å². The predicted octanol–water partition coefficient (Wildman–Crippen LogP) is 6.65. The number of unbranched alkanes of at least 4 members (excludes halogenated alkanes) is 9. The largest absolute Gasteiger partial charge is 0.481 e. The third-order valence-corrected chi connectivity index (χ3v) is 6.77. The van der Waals surface area contributed by atoms with Gasteiger partial charge in [-0.1, -0.05) is 71.1 Å². The van der Waals surface area contributed by atoms with Crippen LogP contribution in [0.2, 0.25) is 0 Å². The van der Waals surface area contributed by atoms with Crippen LogP contribution in [0.25, 0.3) is 0 Å². The third kappa shape index (κ3) is 13.8. The summed E-state index contributed by atoms with van der Waals surface area (Å²) in [6.07, 6.45) is 13.5. The van der Waals surface area contributed by atoms with Gasteiger partial charge in [0.05, 0.1) is 25.3 Å². The van der Waals surface area contributed by atoms with Crippen LogP contribution in [0.4, 0.5) is 0 Å². The van der Waals surface area contributed by atoms with Crippen LogP contribution in [0.3, 0.4) is 0 Å². The van der Waals surface area contributed by atoms with Crippen LogP contribution in [-0.2, 0) is 18.4 Å². The minimum absolute atomic E-state index is 0.184. The van der Waals surface area contributed by atoms with Gasteiger partial charge in [-0.15, -0.1) is 0 Å². The van der Waals surface area contributed by atoms with Crippen molar-refractivity contribution >= 4 is 13.6 Å². The van der Waals surface area contributed by atoms with Gasteiger partial charge in [0, 0.05) is 0 Å². The van der Waals surface area contributed by atoms with E-state index >= 15 is 0 Å². The summed E-state index contributed by atoms with van der Waals surface area (Å²) in [7, 11) is -3.14. The lowest BCUT2D eigenvalue weighted by atomic mass is 9.98. The molecule has 156 valence electrons. The van der Waals surface area contributed by atoms with Crippen LogP contribution in [0.1, 0.15) is 97.8 Å². The quantitative estimate of drug-likeness (QED) is 0.197. The van der Waals surface area contributed by atoms with E-state index in [2.05, 4.69) is 6.92 Å². The van der Waals surface area contributed by atoms with E-state index in [1.54, 1.807) is 13.8 Å². The molecule has 6 heteroatoms. The highest BCUT2D eigenvalue weighted by Crippen LogP contribution is 2.49. The lowest BCUT2D eigenvalue weighted by Gasteiger charge is -2.19. The van der Waals surface area contributed by atoms with Gasteiger partial charge < -0.3 is 14.2 Å². The Hall–Kier alpha value is -0.380. The normalized spacial score (nSPS) is 13.0. The van der Waals surface area contributed by atoms with E-state index < -0.39 is 19.5 Å². The van der Waals surface area contributed by atoms with E-state index in [4.69, 9.17) is 9.05 Å². The third-order valence-electron chi connectivity index (χ3n) is 4.66. The number of carbonyl (C=O) groups is 1. The summed E-state index contributed by atoms with van der Waals surface area (Å²) in [6.45, 7) is 6.39. The number of aliphatic carboxylic acids is 1. The van der Waals surface area contributed by atoms with Gasteiger partial charge >= 0.3 is 13.6 Å². The first-order valence-electron chi connectivity index (χ1n) is 10.6. The number of carboxylic acid groups (broad SMARTS) is 1. The Labute approximate surface area is 160 Å². The molecule has 1 atom stereocenters. The van der Waals surface area contributed by atoms with E-state index in [0.29, 0.717) is 26.1 Å². The molecular formula is C20H41O5P. The van der Waals surface area contributed by atoms with Gasteiger partial charge in [-0.25, -0.2) is 0 Å². The van der Waals surface area contributed by atoms with Crippen LogP contribution in [0.15, 0.2) is 0 Å². The zero-order chi connectivity index (χ0) is 19.7. The monoisotopic (exact) mass is 392 g/mol. The minimum atomic E-state index is -3.14. The van der Waals surface area contributed by atoms with Crippen molar-refractivity contribution in [2.24, 2.45) is 5.92 Å². The molecule has 0 aliphatic carbocycles. The maximum Gasteiger partial charge on any atom is 0.330 e. The van der Waals surface area contributed by atoms with Crippen molar-refractivity contribution in [1.29, 1.82) is 0 Å². The van der Waals surface area contributed by atoms with Gasteiger partial charge in [0.1, 0.15) is 0 Å². The van der Waals surface area contributed by atoms with Crippen molar-refractivity contribution in [3.8, 4) is 0 Å². The molecule has 5 nitrogen and oxygen atoms in total. The van der Waals surface area contributed by atoms with Crippen molar-refractivity contribution < 1.29 is 23.5 Å². The molecule has 0 fully saturated rings. The fourth-order valence-corrected chi connectivity index (χ4v) is 4.89. The number of carboxylic acids is 1. The molecule has 0 rings (SSSR count). The molecule has 0 aromatic rings. The van der Waals surface area contributed by atoms with Gasteiger partial charge in [0.25, 0.3) is 0 Å². The highest BCUT2D eigenvalue weighted by Gasteiger charge is 2.27. The molecule has 0 saturated carbocycles. The lowest BCUT2D eigenvalue weighted by molar-refractivity contribution is -0.142. The lowest BCUT2D eigenvalue weighted by Crippen LogP contribution is -2.16. The topological polar surface area (TPSA) is 72.8 Å². The predicted molar refractivity (Wildman–Crippen MR) is 108 cm³/mol. The van der Waals surface area contributed by atoms with Gasteiger partial charge in [-0.3, -0.25) is 9.36 Å². The van der Waals surface area contributed by atoms with Crippen LogP contribution >= 0.6 is 7.60 Å². The summed E-state index contributed by atoms with van der Waals surface area (Å²) < 4.78 is 22.9. The van der Waals surface area contributed by atoms with Gasteiger partial charge in [-0.05, 0) is 26.7 Å². The Bertz CT molecular complexity index is 376. The van der Waals surface area contributed by atoms with E-state index in [1.807, 2.05) is 0 Å². The second-order valence-electron chi connectivity index (χ2n) is 6.96. The summed E-state index contributed by atoms with van der Waals surface area (Å²) in [5.41, 5.74) is 0. The molecular weight excluding hydrogens is 351 g/mol. The molecule has 1 N–H and O–H groups in total. The first kappa shape index (κ1) is 25.6. The van der Waals surface area contributed by atoms with Gasteiger partial charge in [0.15, 0.2) is 0 Å². The van der Waals surface area contributed by atoms with Crippen molar-refractivity contribution in [2.75, 3.05) is 19.4 Å². The average Bonchev–Trinajstić information content (AvgIpc) is 2.59. The van der Waals surface area contributed by atoms with Crippen molar-refractivity contribution in [3.05, 3.63) is 0 Å². The highest BCUT2D eigenvalue weighted by molar-refractivity contribution is 7.53. The Kier molecular flexibility index (Phi) is 16.5. The molecule has 0 heterocycles. The van der Waals surface area contributed by atoms with E-state index in [9.17, 15) is 14.5 Å². The minimum Gasteiger partial charge on any atom is -0.481 e. The fraction of sp³-hybridized carbons (Fsp3) is 0.950. The maximum absolute atomic E-state index is 12.4. The Balaban J connectivity index is 3.92. The van der Waals surface area contributed by atoms with Crippen LogP contribution < -0.4 is 0 Å². The summed E-state index contributed by atoms with van der Waals surface area (Å²) in [5, 5.41) is 9.40. The first-order chi connectivity index (χ1) is 12.5. The summed E-state index contributed by atoms with van der Waals surface area (Å²) >= 11 is 0. The first-order valence-corrected chi connectivity index (χ1v) is 12.3. The fourth-order valence-electron chi connectivity index (χ4n) is 3.14. The second-order valence-corrected chi connectivity index (χ2v) is 9.15. The molecule has 0 saturated heterocycles. The number of hydrogen-bond acceptors (Lipinski definition) is 4. The van der Waals surface area contributed by atoms with E-state index in [0.717, 1.165) is 12.8 Å².